The fourth-order valence-corrected chi connectivity index (χ4v) is 4.29. The van der Waals surface area contributed by atoms with Crippen molar-refractivity contribution < 1.29 is 4.74 Å². The fraction of sp³-hybridized carbons (Fsp3) is 0.0476. The SMILES string of the molecule is COc1ccc(-c2nn(-c3ccccc3)cc2/C=c2\sc3ncnn3c2=O)cc1Cl. The normalized spacial score (nSPS) is 12.0. The van der Waals surface area contributed by atoms with E-state index < -0.39 is 0 Å². The van der Waals surface area contributed by atoms with Crippen LogP contribution in [-0.4, -0.2) is 31.5 Å². The van der Waals surface area contributed by atoms with E-state index in [2.05, 4.69) is 10.1 Å². The molecule has 5 aromatic rings. The molecule has 7 nitrogen and oxygen atoms in total. The number of fused-ring (bicyclic) bond motifs is 1. The van der Waals surface area contributed by atoms with E-state index in [0.717, 1.165) is 16.8 Å². The van der Waals surface area contributed by atoms with Gasteiger partial charge in [0.1, 0.15) is 17.8 Å². The van der Waals surface area contributed by atoms with Gasteiger partial charge < -0.3 is 4.74 Å². The number of para-hydroxylation sites is 1. The van der Waals surface area contributed by atoms with Crippen molar-refractivity contribution in [2.45, 2.75) is 0 Å². The lowest BCUT2D eigenvalue weighted by Crippen LogP contribution is -2.23. The van der Waals surface area contributed by atoms with Gasteiger partial charge in [0.2, 0.25) is 4.96 Å². The van der Waals surface area contributed by atoms with E-state index in [-0.39, 0.29) is 5.56 Å². The van der Waals surface area contributed by atoms with E-state index >= 15 is 0 Å². The Balaban J connectivity index is 1.72. The summed E-state index contributed by atoms with van der Waals surface area (Å²) in [7, 11) is 1.57. The summed E-state index contributed by atoms with van der Waals surface area (Å²) in [5.41, 5.74) is 2.99. The molecule has 0 spiro atoms. The van der Waals surface area contributed by atoms with Gasteiger partial charge in [-0.05, 0) is 36.4 Å². The Bertz CT molecular complexity index is 1470. The van der Waals surface area contributed by atoms with Crippen LogP contribution in [0.25, 0.3) is 28.0 Å². The molecule has 0 radical (unpaired) electrons. The Labute approximate surface area is 179 Å². The topological polar surface area (TPSA) is 74.3 Å². The average molecular weight is 436 g/mol. The minimum Gasteiger partial charge on any atom is -0.495 e. The molecule has 30 heavy (non-hydrogen) atoms. The van der Waals surface area contributed by atoms with Gasteiger partial charge in [-0.25, -0.2) is 9.67 Å². The van der Waals surface area contributed by atoms with Gasteiger partial charge in [0.15, 0.2) is 0 Å². The molecular formula is C21H14ClN5O2S. The number of rotatable bonds is 4. The lowest BCUT2D eigenvalue weighted by molar-refractivity contribution is 0.415. The number of halogens is 1. The molecule has 5 rings (SSSR count). The highest BCUT2D eigenvalue weighted by atomic mass is 35.5. The first-order valence-corrected chi connectivity index (χ1v) is 10.2. The molecule has 0 aliphatic carbocycles. The molecule has 0 atom stereocenters. The third-order valence-electron chi connectivity index (χ3n) is 4.60. The van der Waals surface area contributed by atoms with E-state index in [1.807, 2.05) is 48.7 Å². The first-order chi connectivity index (χ1) is 14.6. The summed E-state index contributed by atoms with van der Waals surface area (Å²) in [6.45, 7) is 0. The predicted octanol–water partition coefficient (Wildman–Crippen LogP) is 3.21. The standard InChI is InChI=1S/C21H14ClN5O2S/c1-29-17-8-7-13(9-16(17)22)19-14(11-26(25-19)15-5-3-2-4-6-15)10-18-20(28)27-21(30-18)23-12-24-27/h2-12H,1H3/b18-10-. The van der Waals surface area contributed by atoms with E-state index in [0.29, 0.717) is 26.0 Å². The maximum Gasteiger partial charge on any atom is 0.291 e. The Hall–Kier alpha value is -3.49. The minimum atomic E-state index is -0.210. The van der Waals surface area contributed by atoms with Crippen molar-refractivity contribution in [2.24, 2.45) is 0 Å². The molecule has 3 heterocycles. The van der Waals surface area contributed by atoms with Crippen LogP contribution in [0.2, 0.25) is 5.02 Å². The number of aromatic nitrogens is 5. The number of hydrogen-bond donors (Lipinski definition) is 0. The highest BCUT2D eigenvalue weighted by molar-refractivity contribution is 7.15. The van der Waals surface area contributed by atoms with Crippen molar-refractivity contribution in [2.75, 3.05) is 7.11 Å². The summed E-state index contributed by atoms with van der Waals surface area (Å²) in [5, 5.41) is 9.23. The molecule has 0 unspecified atom stereocenters. The van der Waals surface area contributed by atoms with Crippen LogP contribution in [0.3, 0.4) is 0 Å². The zero-order chi connectivity index (χ0) is 20.7. The zero-order valence-electron chi connectivity index (χ0n) is 15.7. The Morgan fingerprint density at radius 1 is 1.17 bits per heavy atom. The molecule has 0 N–H and O–H groups in total. The smallest absolute Gasteiger partial charge is 0.291 e. The molecule has 0 amide bonds. The molecule has 3 aromatic heterocycles. The van der Waals surface area contributed by atoms with Crippen LogP contribution in [0.1, 0.15) is 5.56 Å². The summed E-state index contributed by atoms with van der Waals surface area (Å²) in [4.78, 5) is 17.3. The summed E-state index contributed by atoms with van der Waals surface area (Å²) >= 11 is 7.62. The van der Waals surface area contributed by atoms with Gasteiger partial charge >= 0.3 is 0 Å². The molecule has 0 saturated carbocycles. The van der Waals surface area contributed by atoms with Gasteiger partial charge in [0, 0.05) is 17.3 Å². The van der Waals surface area contributed by atoms with E-state index in [4.69, 9.17) is 21.4 Å². The van der Waals surface area contributed by atoms with Crippen molar-refractivity contribution >= 4 is 34.0 Å². The average Bonchev–Trinajstić information content (AvgIpc) is 3.46. The zero-order valence-corrected chi connectivity index (χ0v) is 17.3. The van der Waals surface area contributed by atoms with Crippen LogP contribution in [0.15, 0.2) is 65.8 Å². The lowest BCUT2D eigenvalue weighted by atomic mass is 10.1. The quantitative estimate of drug-likeness (QED) is 0.433. The third-order valence-corrected chi connectivity index (χ3v) is 5.86. The van der Waals surface area contributed by atoms with Crippen molar-refractivity contribution in [3.63, 3.8) is 0 Å². The van der Waals surface area contributed by atoms with Crippen molar-refractivity contribution in [1.82, 2.24) is 24.4 Å². The first kappa shape index (κ1) is 18.5. The van der Waals surface area contributed by atoms with Crippen LogP contribution in [0.5, 0.6) is 5.75 Å². The Morgan fingerprint density at radius 3 is 2.73 bits per heavy atom. The lowest BCUT2D eigenvalue weighted by Gasteiger charge is -2.05. The highest BCUT2D eigenvalue weighted by Crippen LogP contribution is 2.31. The summed E-state index contributed by atoms with van der Waals surface area (Å²) < 4.78 is 8.85. The summed E-state index contributed by atoms with van der Waals surface area (Å²) in [6, 6.07) is 15.2. The van der Waals surface area contributed by atoms with E-state index in [1.54, 1.807) is 23.9 Å². The molecule has 9 heteroatoms. The highest BCUT2D eigenvalue weighted by Gasteiger charge is 2.14. The van der Waals surface area contributed by atoms with Gasteiger partial charge in [0.25, 0.3) is 5.56 Å². The maximum atomic E-state index is 12.6. The second-order valence-electron chi connectivity index (χ2n) is 6.43. The molecular weight excluding hydrogens is 422 g/mol. The van der Waals surface area contributed by atoms with E-state index in [9.17, 15) is 4.79 Å². The first-order valence-electron chi connectivity index (χ1n) is 8.97. The summed E-state index contributed by atoms with van der Waals surface area (Å²) in [6.07, 6.45) is 5.07. The van der Waals surface area contributed by atoms with Crippen LogP contribution in [-0.2, 0) is 0 Å². The molecule has 148 valence electrons. The van der Waals surface area contributed by atoms with Gasteiger partial charge in [-0.2, -0.15) is 14.7 Å². The van der Waals surface area contributed by atoms with Gasteiger partial charge in [-0.1, -0.05) is 41.1 Å². The second kappa shape index (κ2) is 7.40. The fourth-order valence-electron chi connectivity index (χ4n) is 3.16. The molecule has 0 fully saturated rings. The van der Waals surface area contributed by atoms with Gasteiger partial charge in [-0.15, -0.1) is 0 Å². The van der Waals surface area contributed by atoms with Gasteiger partial charge in [0.05, 0.1) is 22.4 Å². The van der Waals surface area contributed by atoms with Crippen molar-refractivity contribution in [3.05, 3.63) is 86.5 Å². The number of hydrogen-bond acceptors (Lipinski definition) is 6. The van der Waals surface area contributed by atoms with Crippen molar-refractivity contribution in [3.8, 4) is 22.7 Å². The minimum absolute atomic E-state index is 0.210. The molecule has 0 aliphatic rings. The predicted molar refractivity (Wildman–Crippen MR) is 116 cm³/mol. The molecule has 2 aromatic carbocycles. The molecule has 0 bridgehead atoms. The van der Waals surface area contributed by atoms with Crippen LogP contribution >= 0.6 is 22.9 Å². The van der Waals surface area contributed by atoms with Crippen molar-refractivity contribution in [1.29, 1.82) is 0 Å². The number of nitrogens with zero attached hydrogens (tertiary/aromatic N) is 5. The van der Waals surface area contributed by atoms with Gasteiger partial charge in [-0.3, -0.25) is 4.79 Å². The third kappa shape index (κ3) is 3.16. The van der Waals surface area contributed by atoms with E-state index in [1.165, 1.54) is 22.2 Å². The van der Waals surface area contributed by atoms with Crippen LogP contribution in [0, 0.1) is 0 Å². The monoisotopic (exact) mass is 435 g/mol. The van der Waals surface area contributed by atoms with Crippen LogP contribution in [0.4, 0.5) is 0 Å². The number of benzene rings is 2. The molecule has 0 aliphatic heterocycles. The number of ether oxygens (including phenoxy) is 1. The maximum absolute atomic E-state index is 12.6. The Morgan fingerprint density at radius 2 is 2.00 bits per heavy atom. The second-order valence-corrected chi connectivity index (χ2v) is 7.85. The van der Waals surface area contributed by atoms with Crippen LogP contribution < -0.4 is 14.8 Å². The largest absolute Gasteiger partial charge is 0.495 e. The summed E-state index contributed by atoms with van der Waals surface area (Å²) in [5.74, 6) is 0.584. The Kier molecular flexibility index (Phi) is 4.57. The number of thiazole rings is 1. The number of methoxy groups -OCH3 is 1. The molecule has 0 saturated heterocycles.